The number of halogens is 1. The highest BCUT2D eigenvalue weighted by atomic mass is 19.1. The smallest absolute Gasteiger partial charge is 0.334 e. The van der Waals surface area contributed by atoms with Crippen LogP contribution in [0.15, 0.2) is 12.1 Å². The molecule has 0 atom stereocenters. The molecule has 80 valence electrons. The Hall–Kier alpha value is -2.18. The molecule has 0 spiro atoms. The number of anilines is 1. The number of carbonyl (C=O) groups excluding carboxylic acids is 1. The predicted octanol–water partition coefficient (Wildman–Crippen LogP) is 1.24. The van der Waals surface area contributed by atoms with Crippen molar-refractivity contribution in [1.29, 1.82) is 0 Å². The summed E-state index contributed by atoms with van der Waals surface area (Å²) in [7, 11) is 0. The first-order valence-corrected chi connectivity index (χ1v) is 3.83. The van der Waals surface area contributed by atoms with Gasteiger partial charge in [-0.3, -0.25) is 14.9 Å². The van der Waals surface area contributed by atoms with E-state index in [0.717, 1.165) is 19.1 Å². The minimum Gasteiger partial charge on any atom is -0.419 e. The minimum absolute atomic E-state index is 0.392. The molecule has 2 N–H and O–H groups in total. The number of ether oxygens (including phenoxy) is 1. The Balaban J connectivity index is 3.33. The zero-order valence-corrected chi connectivity index (χ0v) is 7.69. The van der Waals surface area contributed by atoms with E-state index < -0.39 is 33.8 Å². The van der Waals surface area contributed by atoms with E-state index in [9.17, 15) is 19.3 Å². The summed E-state index contributed by atoms with van der Waals surface area (Å²) in [4.78, 5) is 20.3. The van der Waals surface area contributed by atoms with Gasteiger partial charge >= 0.3 is 11.7 Å². The van der Waals surface area contributed by atoms with Crippen molar-refractivity contribution in [3.8, 4) is 5.75 Å². The number of nitrogens with two attached hydrogens (primary N) is 1. The quantitative estimate of drug-likeness (QED) is 0.262. The number of hydrogen-bond acceptors (Lipinski definition) is 5. The average molecular weight is 214 g/mol. The maximum atomic E-state index is 12.8. The highest BCUT2D eigenvalue weighted by molar-refractivity contribution is 5.74. The van der Waals surface area contributed by atoms with E-state index in [-0.39, 0.29) is 0 Å². The van der Waals surface area contributed by atoms with Gasteiger partial charge in [0.05, 0.1) is 4.92 Å². The number of benzene rings is 1. The zero-order chi connectivity index (χ0) is 11.6. The Morgan fingerprint density at radius 3 is 2.67 bits per heavy atom. The van der Waals surface area contributed by atoms with Crippen molar-refractivity contribution >= 4 is 17.3 Å². The highest BCUT2D eigenvalue weighted by Gasteiger charge is 2.22. The van der Waals surface area contributed by atoms with Crippen molar-refractivity contribution in [2.75, 3.05) is 5.73 Å². The Kier molecular flexibility index (Phi) is 2.84. The first-order valence-electron chi connectivity index (χ1n) is 3.83. The van der Waals surface area contributed by atoms with Crippen molar-refractivity contribution < 1.29 is 18.8 Å². The number of nitro groups is 1. The molecule has 15 heavy (non-hydrogen) atoms. The lowest BCUT2D eigenvalue weighted by Crippen LogP contribution is -2.06. The summed E-state index contributed by atoms with van der Waals surface area (Å²) < 4.78 is 17.3. The molecule has 1 aromatic rings. The second-order valence-electron chi connectivity index (χ2n) is 2.69. The normalized spacial score (nSPS) is 9.73. The lowest BCUT2D eigenvalue weighted by molar-refractivity contribution is -0.384. The van der Waals surface area contributed by atoms with Gasteiger partial charge in [-0.15, -0.1) is 0 Å². The molecule has 0 unspecified atom stereocenters. The number of nitrogens with zero attached hydrogens (tertiary/aromatic N) is 1. The third kappa shape index (κ3) is 2.39. The maximum Gasteiger partial charge on any atom is 0.334 e. The molecular formula is C8H7FN2O4. The Morgan fingerprint density at radius 1 is 1.60 bits per heavy atom. The topological polar surface area (TPSA) is 95.5 Å². The number of rotatable bonds is 2. The van der Waals surface area contributed by atoms with E-state index in [1.54, 1.807) is 0 Å². The second kappa shape index (κ2) is 3.91. The van der Waals surface area contributed by atoms with Gasteiger partial charge in [0.2, 0.25) is 5.75 Å². The summed E-state index contributed by atoms with van der Waals surface area (Å²) >= 11 is 0. The van der Waals surface area contributed by atoms with E-state index >= 15 is 0 Å². The van der Waals surface area contributed by atoms with Gasteiger partial charge in [0.1, 0.15) is 11.5 Å². The largest absolute Gasteiger partial charge is 0.419 e. The van der Waals surface area contributed by atoms with Crippen molar-refractivity contribution in [2.24, 2.45) is 0 Å². The predicted molar refractivity (Wildman–Crippen MR) is 48.8 cm³/mol. The molecule has 0 saturated heterocycles. The summed E-state index contributed by atoms with van der Waals surface area (Å²) in [5, 5.41) is 10.5. The third-order valence-corrected chi connectivity index (χ3v) is 1.51. The molecule has 0 aromatic heterocycles. The molecule has 0 radical (unpaired) electrons. The van der Waals surface area contributed by atoms with Gasteiger partial charge < -0.3 is 10.5 Å². The SMILES string of the molecule is CC(=O)Oc1cc(F)cc(N)c1[N+](=O)[O-]. The second-order valence-corrected chi connectivity index (χ2v) is 2.69. The van der Waals surface area contributed by atoms with Gasteiger partial charge in [-0.25, -0.2) is 4.39 Å². The van der Waals surface area contributed by atoms with Gasteiger partial charge in [-0.05, 0) is 0 Å². The summed E-state index contributed by atoms with van der Waals surface area (Å²) in [6.45, 7) is 1.05. The van der Waals surface area contributed by atoms with Gasteiger partial charge in [0.15, 0.2) is 0 Å². The monoisotopic (exact) mass is 214 g/mol. The highest BCUT2D eigenvalue weighted by Crippen LogP contribution is 2.33. The molecule has 7 heteroatoms. The molecule has 0 aliphatic carbocycles. The van der Waals surface area contributed by atoms with Crippen LogP contribution in [0.1, 0.15) is 6.92 Å². The van der Waals surface area contributed by atoms with E-state index in [1.165, 1.54) is 0 Å². The van der Waals surface area contributed by atoms with E-state index in [2.05, 4.69) is 4.74 Å². The third-order valence-electron chi connectivity index (χ3n) is 1.51. The van der Waals surface area contributed by atoms with Crippen LogP contribution in [0, 0.1) is 15.9 Å². The molecule has 0 aliphatic rings. The van der Waals surface area contributed by atoms with Crippen LogP contribution in [-0.2, 0) is 4.79 Å². The van der Waals surface area contributed by atoms with Crippen molar-refractivity contribution in [3.63, 3.8) is 0 Å². The summed E-state index contributed by atoms with van der Waals surface area (Å²) in [6, 6.07) is 1.51. The standard InChI is InChI=1S/C8H7FN2O4/c1-4(12)15-7-3-5(9)2-6(10)8(7)11(13)14/h2-3H,10H2,1H3. The molecule has 0 aliphatic heterocycles. The Morgan fingerprint density at radius 2 is 2.20 bits per heavy atom. The molecule has 0 bridgehead atoms. The fraction of sp³-hybridized carbons (Fsp3) is 0.125. The van der Waals surface area contributed by atoms with Gasteiger partial charge in [-0.1, -0.05) is 0 Å². The summed E-state index contributed by atoms with van der Waals surface area (Å²) in [5.41, 5.74) is 4.21. The molecule has 0 fully saturated rings. The molecule has 0 saturated carbocycles. The molecule has 0 amide bonds. The molecule has 1 rings (SSSR count). The number of carbonyl (C=O) groups is 1. The molecule has 1 aromatic carbocycles. The number of esters is 1. The first kappa shape index (κ1) is 10.9. The van der Waals surface area contributed by atoms with Crippen LogP contribution < -0.4 is 10.5 Å². The van der Waals surface area contributed by atoms with Crippen molar-refractivity contribution in [1.82, 2.24) is 0 Å². The van der Waals surface area contributed by atoms with Crippen LogP contribution >= 0.6 is 0 Å². The first-order chi connectivity index (χ1) is 6.91. The number of nitrogen functional groups attached to an aromatic ring is 1. The van der Waals surface area contributed by atoms with Gasteiger partial charge in [-0.2, -0.15) is 0 Å². The van der Waals surface area contributed by atoms with Crippen LogP contribution in [0.5, 0.6) is 5.75 Å². The summed E-state index contributed by atoms with van der Waals surface area (Å²) in [6.07, 6.45) is 0. The van der Waals surface area contributed by atoms with Crippen molar-refractivity contribution in [3.05, 3.63) is 28.1 Å². The number of hydrogen-bond donors (Lipinski definition) is 1. The van der Waals surface area contributed by atoms with Crippen LogP contribution in [0.25, 0.3) is 0 Å². The minimum atomic E-state index is -0.840. The van der Waals surface area contributed by atoms with E-state index in [1.807, 2.05) is 0 Å². The van der Waals surface area contributed by atoms with E-state index in [4.69, 9.17) is 5.73 Å². The average Bonchev–Trinajstić information content (AvgIpc) is 1.99. The van der Waals surface area contributed by atoms with Crippen LogP contribution in [0.2, 0.25) is 0 Å². The Labute approximate surface area is 83.6 Å². The fourth-order valence-electron chi connectivity index (χ4n) is 1.02. The molecular weight excluding hydrogens is 207 g/mol. The molecule has 6 nitrogen and oxygen atoms in total. The Bertz CT molecular complexity index is 433. The van der Waals surface area contributed by atoms with Gasteiger partial charge in [0, 0.05) is 19.1 Å². The van der Waals surface area contributed by atoms with Crippen LogP contribution in [-0.4, -0.2) is 10.9 Å². The van der Waals surface area contributed by atoms with Crippen LogP contribution in [0.4, 0.5) is 15.8 Å². The molecule has 0 heterocycles. The fourth-order valence-corrected chi connectivity index (χ4v) is 1.02. The zero-order valence-electron chi connectivity index (χ0n) is 7.69. The summed E-state index contributed by atoms with van der Waals surface area (Å²) in [5.74, 6) is -2.09. The van der Waals surface area contributed by atoms with Crippen LogP contribution in [0.3, 0.4) is 0 Å². The number of nitro benzene ring substituents is 1. The van der Waals surface area contributed by atoms with E-state index in [0.29, 0.717) is 0 Å². The lowest BCUT2D eigenvalue weighted by Gasteiger charge is -2.04. The van der Waals surface area contributed by atoms with Gasteiger partial charge in [0.25, 0.3) is 0 Å². The lowest BCUT2D eigenvalue weighted by atomic mass is 10.2. The maximum absolute atomic E-state index is 12.8. The van der Waals surface area contributed by atoms with Crippen molar-refractivity contribution in [2.45, 2.75) is 6.92 Å².